The Morgan fingerprint density at radius 1 is 1.14 bits per heavy atom. The Bertz CT molecular complexity index is 382. The Labute approximate surface area is 83.8 Å². The van der Waals surface area contributed by atoms with Crippen LogP contribution in [0.3, 0.4) is 0 Å². The van der Waals surface area contributed by atoms with E-state index in [-0.39, 0.29) is 5.82 Å². The minimum absolute atomic E-state index is 0.168. The molecule has 0 N–H and O–H groups in total. The number of allylic oxidation sites excluding steroid dienone is 4. The Balaban J connectivity index is 2.39. The lowest BCUT2D eigenvalue weighted by molar-refractivity contribution is 0.627. The molecule has 0 saturated heterocycles. The molecule has 0 bridgehead atoms. The van der Waals surface area contributed by atoms with Gasteiger partial charge in [-0.05, 0) is 48.6 Å². The van der Waals surface area contributed by atoms with Crippen LogP contribution in [0, 0.1) is 5.82 Å². The van der Waals surface area contributed by atoms with Crippen LogP contribution >= 0.6 is 0 Å². The van der Waals surface area contributed by atoms with E-state index in [9.17, 15) is 4.39 Å². The second-order valence-corrected chi connectivity index (χ2v) is 3.61. The second kappa shape index (κ2) is 3.79. The van der Waals surface area contributed by atoms with Crippen LogP contribution in [0.1, 0.15) is 25.3 Å². The highest BCUT2D eigenvalue weighted by atomic mass is 19.1. The average molecular weight is 188 g/mol. The summed E-state index contributed by atoms with van der Waals surface area (Å²) < 4.78 is 12.7. The van der Waals surface area contributed by atoms with E-state index in [4.69, 9.17) is 0 Å². The van der Waals surface area contributed by atoms with E-state index in [2.05, 4.69) is 19.1 Å². The smallest absolute Gasteiger partial charge is 0.123 e. The van der Waals surface area contributed by atoms with Crippen molar-refractivity contribution in [3.63, 3.8) is 0 Å². The summed E-state index contributed by atoms with van der Waals surface area (Å²) in [5.41, 5.74) is 3.78. The predicted octanol–water partition coefficient (Wildman–Crippen LogP) is 3.95. The quantitative estimate of drug-likeness (QED) is 0.626. The summed E-state index contributed by atoms with van der Waals surface area (Å²) in [6, 6.07) is 6.75. The van der Waals surface area contributed by atoms with Crippen LogP contribution in [0.25, 0.3) is 5.57 Å². The largest absolute Gasteiger partial charge is 0.207 e. The van der Waals surface area contributed by atoms with E-state index < -0.39 is 0 Å². The molecule has 14 heavy (non-hydrogen) atoms. The monoisotopic (exact) mass is 188 g/mol. The fraction of sp³-hybridized carbons (Fsp3) is 0.231. The minimum atomic E-state index is -0.168. The van der Waals surface area contributed by atoms with Crippen molar-refractivity contribution < 1.29 is 4.39 Å². The predicted molar refractivity (Wildman–Crippen MR) is 57.4 cm³/mol. The van der Waals surface area contributed by atoms with Crippen molar-refractivity contribution in [3.05, 3.63) is 53.4 Å². The molecule has 1 aliphatic carbocycles. The van der Waals surface area contributed by atoms with Gasteiger partial charge in [-0.1, -0.05) is 24.3 Å². The zero-order valence-electron chi connectivity index (χ0n) is 8.26. The number of rotatable bonds is 1. The first-order valence-electron chi connectivity index (χ1n) is 4.89. The van der Waals surface area contributed by atoms with Gasteiger partial charge >= 0.3 is 0 Å². The molecule has 0 nitrogen and oxygen atoms in total. The van der Waals surface area contributed by atoms with Gasteiger partial charge in [0, 0.05) is 0 Å². The van der Waals surface area contributed by atoms with Crippen LogP contribution in [0.5, 0.6) is 0 Å². The van der Waals surface area contributed by atoms with Gasteiger partial charge in [0.05, 0.1) is 0 Å². The highest BCUT2D eigenvalue weighted by Crippen LogP contribution is 2.28. The Morgan fingerprint density at radius 3 is 2.50 bits per heavy atom. The first-order chi connectivity index (χ1) is 6.77. The first-order valence-corrected chi connectivity index (χ1v) is 4.89. The third kappa shape index (κ3) is 1.77. The molecule has 0 atom stereocenters. The Kier molecular flexibility index (Phi) is 2.49. The molecule has 0 radical (unpaired) electrons. The lowest BCUT2D eigenvalue weighted by Gasteiger charge is -2.13. The summed E-state index contributed by atoms with van der Waals surface area (Å²) in [6.45, 7) is 2.11. The molecule has 1 aromatic carbocycles. The van der Waals surface area contributed by atoms with E-state index in [0.717, 1.165) is 18.4 Å². The van der Waals surface area contributed by atoms with Gasteiger partial charge in [0.1, 0.15) is 5.82 Å². The number of halogens is 1. The summed E-state index contributed by atoms with van der Waals surface area (Å²) in [6.07, 6.45) is 6.47. The van der Waals surface area contributed by atoms with Gasteiger partial charge in [-0.3, -0.25) is 0 Å². The van der Waals surface area contributed by atoms with Crippen molar-refractivity contribution in [2.24, 2.45) is 0 Å². The highest BCUT2D eigenvalue weighted by molar-refractivity contribution is 5.71. The molecule has 0 aliphatic heterocycles. The van der Waals surface area contributed by atoms with Crippen molar-refractivity contribution in [3.8, 4) is 0 Å². The standard InChI is InChI=1S/C13H13F/c1-10-4-2-3-5-13(10)11-6-8-12(14)9-7-11/h2,4,6-9H,3,5H2,1H3. The molecule has 0 saturated carbocycles. The molecule has 1 heteroatoms. The molecule has 1 aliphatic rings. The molecule has 0 fully saturated rings. The topological polar surface area (TPSA) is 0 Å². The number of benzene rings is 1. The third-order valence-electron chi connectivity index (χ3n) is 2.60. The zero-order valence-corrected chi connectivity index (χ0v) is 8.26. The van der Waals surface area contributed by atoms with Crippen molar-refractivity contribution in [2.75, 3.05) is 0 Å². The summed E-state index contributed by atoms with van der Waals surface area (Å²) in [4.78, 5) is 0. The third-order valence-corrected chi connectivity index (χ3v) is 2.60. The Hall–Kier alpha value is -1.37. The van der Waals surface area contributed by atoms with Gasteiger partial charge in [-0.2, -0.15) is 0 Å². The summed E-state index contributed by atoms with van der Waals surface area (Å²) in [5, 5.41) is 0. The normalized spacial score (nSPS) is 16.1. The zero-order chi connectivity index (χ0) is 9.97. The molecule has 1 aromatic rings. The van der Waals surface area contributed by atoms with Crippen LogP contribution in [0.4, 0.5) is 4.39 Å². The van der Waals surface area contributed by atoms with Gasteiger partial charge in [0.15, 0.2) is 0 Å². The molecule has 2 rings (SSSR count). The van der Waals surface area contributed by atoms with Crippen molar-refractivity contribution >= 4 is 5.57 Å². The SMILES string of the molecule is CC1=C(c2ccc(F)cc2)CCC=C1. The summed E-state index contributed by atoms with van der Waals surface area (Å²) in [5.74, 6) is -0.168. The van der Waals surface area contributed by atoms with Crippen LogP contribution in [-0.4, -0.2) is 0 Å². The first kappa shape index (κ1) is 9.20. The fourth-order valence-corrected chi connectivity index (χ4v) is 1.81. The maximum absolute atomic E-state index is 12.7. The van der Waals surface area contributed by atoms with Gasteiger partial charge in [0.25, 0.3) is 0 Å². The molecule has 0 spiro atoms. The fourth-order valence-electron chi connectivity index (χ4n) is 1.81. The molecule has 72 valence electrons. The maximum Gasteiger partial charge on any atom is 0.123 e. The van der Waals surface area contributed by atoms with Crippen LogP contribution in [-0.2, 0) is 0 Å². The van der Waals surface area contributed by atoms with Crippen LogP contribution < -0.4 is 0 Å². The van der Waals surface area contributed by atoms with Gasteiger partial charge < -0.3 is 0 Å². The van der Waals surface area contributed by atoms with Crippen LogP contribution in [0.15, 0.2) is 42.0 Å². The van der Waals surface area contributed by atoms with Crippen molar-refractivity contribution in [1.29, 1.82) is 0 Å². The number of hydrogen-bond donors (Lipinski definition) is 0. The van der Waals surface area contributed by atoms with Gasteiger partial charge in [0.2, 0.25) is 0 Å². The van der Waals surface area contributed by atoms with Gasteiger partial charge in [-0.15, -0.1) is 0 Å². The molecule has 0 aromatic heterocycles. The molecule has 0 unspecified atom stereocenters. The molecule has 0 amide bonds. The van der Waals surface area contributed by atoms with Crippen molar-refractivity contribution in [1.82, 2.24) is 0 Å². The molecular formula is C13H13F. The Morgan fingerprint density at radius 2 is 1.86 bits per heavy atom. The lowest BCUT2D eigenvalue weighted by atomic mass is 9.92. The maximum atomic E-state index is 12.7. The average Bonchev–Trinajstić information content (AvgIpc) is 2.20. The lowest BCUT2D eigenvalue weighted by Crippen LogP contribution is -1.92. The van der Waals surface area contributed by atoms with Crippen molar-refractivity contribution in [2.45, 2.75) is 19.8 Å². The molecule has 0 heterocycles. The minimum Gasteiger partial charge on any atom is -0.207 e. The van der Waals surface area contributed by atoms with E-state index in [1.165, 1.54) is 23.3 Å². The highest BCUT2D eigenvalue weighted by Gasteiger charge is 2.06. The number of hydrogen-bond acceptors (Lipinski definition) is 0. The molecular weight excluding hydrogens is 175 g/mol. The van der Waals surface area contributed by atoms with E-state index in [1.807, 2.05) is 12.1 Å². The summed E-state index contributed by atoms with van der Waals surface area (Å²) in [7, 11) is 0. The van der Waals surface area contributed by atoms with Gasteiger partial charge in [-0.25, -0.2) is 4.39 Å². The van der Waals surface area contributed by atoms with E-state index >= 15 is 0 Å². The second-order valence-electron chi connectivity index (χ2n) is 3.61. The summed E-state index contributed by atoms with van der Waals surface area (Å²) >= 11 is 0. The van der Waals surface area contributed by atoms with E-state index in [1.54, 1.807) is 0 Å². The van der Waals surface area contributed by atoms with Crippen LogP contribution in [0.2, 0.25) is 0 Å². The van der Waals surface area contributed by atoms with E-state index in [0.29, 0.717) is 0 Å².